The maximum Gasteiger partial charge on any atom is 0.387 e. The first kappa shape index (κ1) is 17.7. The molecule has 0 atom stereocenters. The third kappa shape index (κ3) is 4.41. The quantitative estimate of drug-likeness (QED) is 0.805. The van der Waals surface area contributed by atoms with Gasteiger partial charge in [-0.05, 0) is 29.8 Å². The molecule has 0 N–H and O–H groups in total. The molecule has 0 heterocycles. The van der Waals surface area contributed by atoms with Crippen LogP contribution in [0.25, 0.3) is 0 Å². The highest BCUT2D eigenvalue weighted by molar-refractivity contribution is 5.94. The molecule has 0 saturated carbocycles. The lowest BCUT2D eigenvalue weighted by molar-refractivity contribution is -0.0498. The van der Waals surface area contributed by atoms with Crippen LogP contribution in [0.3, 0.4) is 0 Å². The highest BCUT2D eigenvalue weighted by Crippen LogP contribution is 2.19. The Labute approximate surface area is 137 Å². The maximum absolute atomic E-state index is 13.9. The van der Waals surface area contributed by atoms with Crippen LogP contribution in [-0.4, -0.2) is 31.6 Å². The van der Waals surface area contributed by atoms with Gasteiger partial charge in [0.2, 0.25) is 0 Å². The van der Waals surface area contributed by atoms with Gasteiger partial charge in [-0.2, -0.15) is 8.78 Å². The summed E-state index contributed by atoms with van der Waals surface area (Å²) in [7, 11) is 2.93. The van der Waals surface area contributed by atoms with Crippen LogP contribution in [0, 0.1) is 5.82 Å². The molecule has 2 aromatic carbocycles. The maximum atomic E-state index is 13.9. The predicted molar refractivity (Wildman–Crippen MR) is 81.8 cm³/mol. The molecule has 0 spiro atoms. The number of hydrogen-bond donors (Lipinski definition) is 0. The number of hydrogen-bond acceptors (Lipinski definition) is 3. The monoisotopic (exact) mass is 339 g/mol. The van der Waals surface area contributed by atoms with Gasteiger partial charge >= 0.3 is 6.61 Å². The van der Waals surface area contributed by atoms with Gasteiger partial charge in [0.05, 0.1) is 12.7 Å². The Morgan fingerprint density at radius 2 is 1.75 bits per heavy atom. The zero-order valence-corrected chi connectivity index (χ0v) is 13.1. The number of carbonyl (C=O) groups excluding carboxylic acids is 1. The first-order valence-electron chi connectivity index (χ1n) is 7.03. The van der Waals surface area contributed by atoms with Gasteiger partial charge < -0.3 is 14.4 Å². The van der Waals surface area contributed by atoms with Crippen molar-refractivity contribution in [3.63, 3.8) is 0 Å². The van der Waals surface area contributed by atoms with Crippen molar-refractivity contribution in [3.05, 3.63) is 59.4 Å². The van der Waals surface area contributed by atoms with Crippen LogP contribution < -0.4 is 9.47 Å². The van der Waals surface area contributed by atoms with Crippen LogP contribution in [0.15, 0.2) is 42.5 Å². The van der Waals surface area contributed by atoms with Gasteiger partial charge in [0, 0.05) is 19.7 Å². The summed E-state index contributed by atoms with van der Waals surface area (Å²) in [6.45, 7) is -2.70. The predicted octanol–water partition coefficient (Wildman–Crippen LogP) is 3.71. The van der Waals surface area contributed by atoms with E-state index in [4.69, 9.17) is 4.74 Å². The standard InChI is InChI=1S/C17H16F3NO3/c1-21(10-11-3-5-12(6-4-11)24-17(19)20)16(22)14-8-7-13(23-2)9-15(14)18/h3-9,17H,10H2,1-2H3. The molecule has 2 aromatic rings. The van der Waals surface area contributed by atoms with Crippen molar-refractivity contribution in [2.75, 3.05) is 14.2 Å². The minimum absolute atomic E-state index is 0.0314. The normalized spacial score (nSPS) is 10.6. The molecule has 0 aliphatic heterocycles. The van der Waals surface area contributed by atoms with Crippen LogP contribution in [0.4, 0.5) is 13.2 Å². The van der Waals surface area contributed by atoms with Gasteiger partial charge in [0.1, 0.15) is 17.3 Å². The smallest absolute Gasteiger partial charge is 0.387 e. The van der Waals surface area contributed by atoms with E-state index in [1.165, 1.54) is 43.3 Å². The Balaban J connectivity index is 2.06. The minimum Gasteiger partial charge on any atom is -0.497 e. The lowest BCUT2D eigenvalue weighted by Gasteiger charge is -2.18. The third-order valence-electron chi connectivity index (χ3n) is 3.32. The number of alkyl halides is 2. The summed E-state index contributed by atoms with van der Waals surface area (Å²) in [6, 6.07) is 9.88. The van der Waals surface area contributed by atoms with Crippen molar-refractivity contribution in [3.8, 4) is 11.5 Å². The van der Waals surface area contributed by atoms with Crippen molar-refractivity contribution in [1.29, 1.82) is 0 Å². The Hall–Kier alpha value is -2.70. The number of rotatable bonds is 6. The molecule has 1 amide bonds. The SMILES string of the molecule is COc1ccc(C(=O)N(C)Cc2ccc(OC(F)F)cc2)c(F)c1. The zero-order chi connectivity index (χ0) is 17.7. The summed E-state index contributed by atoms with van der Waals surface area (Å²) in [6.07, 6.45) is 0. The second-order valence-electron chi connectivity index (χ2n) is 5.03. The average molecular weight is 339 g/mol. The third-order valence-corrected chi connectivity index (χ3v) is 3.32. The summed E-state index contributed by atoms with van der Waals surface area (Å²) in [5.41, 5.74) is 0.623. The number of carbonyl (C=O) groups is 1. The average Bonchev–Trinajstić information content (AvgIpc) is 2.55. The van der Waals surface area contributed by atoms with E-state index >= 15 is 0 Å². The molecule has 0 fully saturated rings. The van der Waals surface area contributed by atoms with Crippen molar-refractivity contribution in [1.82, 2.24) is 4.90 Å². The zero-order valence-electron chi connectivity index (χ0n) is 13.1. The molecule has 0 aliphatic carbocycles. The highest BCUT2D eigenvalue weighted by atomic mass is 19.3. The second-order valence-corrected chi connectivity index (χ2v) is 5.03. The second kappa shape index (κ2) is 7.72. The summed E-state index contributed by atoms with van der Waals surface area (Å²) in [5, 5.41) is 0. The van der Waals surface area contributed by atoms with Gasteiger partial charge in [-0.3, -0.25) is 4.79 Å². The number of ether oxygens (including phenoxy) is 2. The number of benzene rings is 2. The fourth-order valence-electron chi connectivity index (χ4n) is 2.12. The van der Waals surface area contributed by atoms with Gasteiger partial charge in [-0.15, -0.1) is 0 Å². The van der Waals surface area contributed by atoms with E-state index in [1.54, 1.807) is 12.1 Å². The number of nitrogens with zero attached hydrogens (tertiary/aromatic N) is 1. The van der Waals surface area contributed by atoms with E-state index in [2.05, 4.69) is 4.74 Å². The molecule has 0 aliphatic rings. The molecule has 0 bridgehead atoms. The largest absolute Gasteiger partial charge is 0.497 e. The van der Waals surface area contributed by atoms with Gasteiger partial charge in [-0.25, -0.2) is 4.39 Å². The molecule has 0 unspecified atom stereocenters. The van der Waals surface area contributed by atoms with Crippen LogP contribution in [0.2, 0.25) is 0 Å². The Kier molecular flexibility index (Phi) is 5.68. The van der Waals surface area contributed by atoms with Gasteiger partial charge in [-0.1, -0.05) is 12.1 Å². The summed E-state index contributed by atoms with van der Waals surface area (Å²) in [4.78, 5) is 13.6. The van der Waals surface area contributed by atoms with Crippen molar-refractivity contribution >= 4 is 5.91 Å². The van der Waals surface area contributed by atoms with Crippen LogP contribution in [0.5, 0.6) is 11.5 Å². The molecule has 4 nitrogen and oxygen atoms in total. The molecule has 2 rings (SSSR count). The molecule has 7 heteroatoms. The van der Waals surface area contributed by atoms with Gasteiger partial charge in [0.25, 0.3) is 5.91 Å². The summed E-state index contributed by atoms with van der Waals surface area (Å²) >= 11 is 0. The van der Waals surface area contributed by atoms with Crippen LogP contribution >= 0.6 is 0 Å². The minimum atomic E-state index is -2.89. The van der Waals surface area contributed by atoms with Gasteiger partial charge in [0.15, 0.2) is 0 Å². The Bertz CT molecular complexity index is 705. The van der Waals surface area contributed by atoms with E-state index in [1.807, 2.05) is 0 Å². The first-order valence-corrected chi connectivity index (χ1v) is 7.03. The number of amides is 1. The topological polar surface area (TPSA) is 38.8 Å². The van der Waals surface area contributed by atoms with E-state index in [-0.39, 0.29) is 17.9 Å². The molecule has 24 heavy (non-hydrogen) atoms. The van der Waals surface area contributed by atoms with E-state index in [0.717, 1.165) is 6.07 Å². The first-order chi connectivity index (χ1) is 11.4. The molecule has 128 valence electrons. The van der Waals surface area contributed by atoms with Crippen molar-refractivity contribution in [2.45, 2.75) is 13.2 Å². The molecular formula is C17H16F3NO3. The Morgan fingerprint density at radius 1 is 1.12 bits per heavy atom. The lowest BCUT2D eigenvalue weighted by Crippen LogP contribution is -2.27. The lowest BCUT2D eigenvalue weighted by atomic mass is 10.1. The number of halogens is 3. The molecule has 0 aromatic heterocycles. The van der Waals surface area contributed by atoms with Crippen molar-refractivity contribution in [2.24, 2.45) is 0 Å². The van der Waals surface area contributed by atoms with Crippen molar-refractivity contribution < 1.29 is 27.4 Å². The Morgan fingerprint density at radius 3 is 2.29 bits per heavy atom. The fourth-order valence-corrected chi connectivity index (χ4v) is 2.12. The van der Waals surface area contributed by atoms with E-state index < -0.39 is 18.3 Å². The molecule has 0 saturated heterocycles. The summed E-state index contributed by atoms with van der Waals surface area (Å²) in [5.74, 6) is -0.819. The molecular weight excluding hydrogens is 323 g/mol. The van der Waals surface area contributed by atoms with Crippen LogP contribution in [-0.2, 0) is 6.54 Å². The highest BCUT2D eigenvalue weighted by Gasteiger charge is 2.17. The van der Waals surface area contributed by atoms with E-state index in [9.17, 15) is 18.0 Å². The summed E-state index contributed by atoms with van der Waals surface area (Å²) < 4.78 is 47.3. The van der Waals surface area contributed by atoms with E-state index in [0.29, 0.717) is 11.3 Å². The molecule has 0 radical (unpaired) electrons. The van der Waals surface area contributed by atoms with Crippen LogP contribution in [0.1, 0.15) is 15.9 Å². The fraction of sp³-hybridized carbons (Fsp3) is 0.235. The number of methoxy groups -OCH3 is 1.